The molecule has 0 saturated heterocycles. The second kappa shape index (κ2) is 7.78. The smallest absolute Gasteiger partial charge is 0.293 e. The molecule has 6 heteroatoms. The maximum Gasteiger partial charge on any atom is 0.293 e. The van der Waals surface area contributed by atoms with E-state index in [9.17, 15) is 14.9 Å². The number of rotatable bonds is 6. The lowest BCUT2D eigenvalue weighted by Crippen LogP contribution is -2.15. The zero-order chi connectivity index (χ0) is 19.4. The molecule has 0 bridgehead atoms. The van der Waals surface area contributed by atoms with Crippen molar-refractivity contribution in [3.63, 3.8) is 0 Å². The van der Waals surface area contributed by atoms with Crippen LogP contribution in [0.25, 0.3) is 0 Å². The molecule has 1 aromatic heterocycles. The van der Waals surface area contributed by atoms with Gasteiger partial charge in [-0.1, -0.05) is 35.9 Å². The fraction of sp³-hybridized carbons (Fsp3) is 0.143. The number of ketones is 1. The number of hydrogen-bond donors (Lipinski definition) is 1. The molecule has 0 amide bonds. The topological polar surface area (TPSA) is 85.1 Å². The highest BCUT2D eigenvalue weighted by atomic mass is 16.6. The molecule has 0 spiro atoms. The molecule has 0 radical (unpaired) electrons. The Labute approximate surface area is 157 Å². The highest BCUT2D eigenvalue weighted by Crippen LogP contribution is 2.32. The Balaban J connectivity index is 2.07. The van der Waals surface area contributed by atoms with Crippen LogP contribution in [-0.4, -0.2) is 15.7 Å². The molecule has 0 fully saturated rings. The van der Waals surface area contributed by atoms with Crippen LogP contribution in [0, 0.1) is 17.0 Å². The average molecular weight is 361 g/mol. The zero-order valence-electron chi connectivity index (χ0n) is 15.0. The summed E-state index contributed by atoms with van der Waals surface area (Å²) in [6.45, 7) is 3.37. The van der Waals surface area contributed by atoms with E-state index in [0.29, 0.717) is 11.3 Å². The van der Waals surface area contributed by atoms with E-state index in [1.54, 1.807) is 18.3 Å². The predicted molar refractivity (Wildman–Crippen MR) is 104 cm³/mol. The summed E-state index contributed by atoms with van der Waals surface area (Å²) in [4.78, 5) is 27.1. The predicted octanol–water partition coefficient (Wildman–Crippen LogP) is 4.70. The molecular formula is C21H19N3O3. The number of Topliss-reactive ketones (excluding diaryl/α,β-unsaturated/α-hetero) is 1. The Morgan fingerprint density at radius 1 is 1.11 bits per heavy atom. The van der Waals surface area contributed by atoms with Gasteiger partial charge in [0.2, 0.25) is 0 Å². The highest BCUT2D eigenvalue weighted by molar-refractivity contribution is 5.95. The lowest BCUT2D eigenvalue weighted by atomic mass is 10.00. The van der Waals surface area contributed by atoms with Gasteiger partial charge in [-0.2, -0.15) is 0 Å². The fourth-order valence-electron chi connectivity index (χ4n) is 2.90. The molecule has 1 atom stereocenters. The van der Waals surface area contributed by atoms with Gasteiger partial charge in [0.1, 0.15) is 5.69 Å². The van der Waals surface area contributed by atoms with Crippen molar-refractivity contribution >= 4 is 17.2 Å². The summed E-state index contributed by atoms with van der Waals surface area (Å²) >= 11 is 0. The number of carbonyl (C=O) groups excluding carboxylic acids is 1. The second-order valence-corrected chi connectivity index (χ2v) is 6.29. The lowest BCUT2D eigenvalue weighted by Gasteiger charge is -2.20. The number of carbonyl (C=O) groups is 1. The molecule has 1 unspecified atom stereocenters. The van der Waals surface area contributed by atoms with E-state index in [4.69, 9.17) is 0 Å². The number of hydrogen-bond acceptors (Lipinski definition) is 5. The number of benzene rings is 2. The Morgan fingerprint density at radius 2 is 1.93 bits per heavy atom. The van der Waals surface area contributed by atoms with Crippen LogP contribution in [0.5, 0.6) is 0 Å². The minimum Gasteiger partial charge on any atom is -0.367 e. The van der Waals surface area contributed by atoms with Crippen molar-refractivity contribution in [3.05, 3.63) is 99.4 Å². The van der Waals surface area contributed by atoms with E-state index in [1.165, 1.54) is 13.0 Å². The largest absolute Gasteiger partial charge is 0.367 e. The number of aromatic nitrogens is 1. The van der Waals surface area contributed by atoms with Crippen LogP contribution in [-0.2, 0) is 0 Å². The van der Waals surface area contributed by atoms with Gasteiger partial charge in [-0.3, -0.25) is 19.9 Å². The normalized spacial score (nSPS) is 11.6. The quantitative estimate of drug-likeness (QED) is 0.391. The van der Waals surface area contributed by atoms with Gasteiger partial charge in [-0.05, 0) is 43.7 Å². The van der Waals surface area contributed by atoms with Crippen molar-refractivity contribution in [2.24, 2.45) is 0 Å². The van der Waals surface area contributed by atoms with Crippen molar-refractivity contribution in [1.29, 1.82) is 0 Å². The standard InChI is InChI=1S/C21H19N3O3/c1-14-6-5-7-17(12-14)21(19-8-3-4-11-22-19)23-18-10-9-16(15(2)25)13-20(18)24(26)27/h3-13,21,23H,1-2H3. The number of pyridine rings is 1. The Hall–Kier alpha value is -3.54. The van der Waals surface area contributed by atoms with Gasteiger partial charge in [-0.25, -0.2) is 0 Å². The van der Waals surface area contributed by atoms with Gasteiger partial charge in [-0.15, -0.1) is 0 Å². The summed E-state index contributed by atoms with van der Waals surface area (Å²) in [7, 11) is 0. The molecule has 27 heavy (non-hydrogen) atoms. The van der Waals surface area contributed by atoms with E-state index >= 15 is 0 Å². The van der Waals surface area contributed by atoms with Crippen LogP contribution in [0.1, 0.15) is 40.1 Å². The van der Waals surface area contributed by atoms with E-state index in [0.717, 1.165) is 16.8 Å². The van der Waals surface area contributed by atoms with Crippen LogP contribution in [0.15, 0.2) is 66.9 Å². The summed E-state index contributed by atoms with van der Waals surface area (Å²) < 4.78 is 0. The molecule has 3 aromatic rings. The lowest BCUT2D eigenvalue weighted by molar-refractivity contribution is -0.384. The SMILES string of the molecule is CC(=O)c1ccc(NC(c2cccc(C)c2)c2ccccn2)c([N+](=O)[O-])c1. The van der Waals surface area contributed by atoms with Crippen LogP contribution in [0.4, 0.5) is 11.4 Å². The van der Waals surface area contributed by atoms with Gasteiger partial charge in [0.25, 0.3) is 5.69 Å². The molecule has 3 rings (SSSR count). The molecule has 2 aromatic carbocycles. The summed E-state index contributed by atoms with van der Waals surface area (Å²) in [6, 6.07) is 17.6. The molecule has 0 aliphatic carbocycles. The van der Waals surface area contributed by atoms with E-state index in [2.05, 4.69) is 10.3 Å². The molecule has 136 valence electrons. The highest BCUT2D eigenvalue weighted by Gasteiger charge is 2.22. The van der Waals surface area contributed by atoms with Crippen molar-refractivity contribution in [1.82, 2.24) is 4.98 Å². The number of nitro benzene ring substituents is 1. The minimum atomic E-state index is -0.486. The zero-order valence-corrected chi connectivity index (χ0v) is 15.0. The van der Waals surface area contributed by atoms with E-state index in [1.807, 2.05) is 49.4 Å². The van der Waals surface area contributed by atoms with Gasteiger partial charge in [0, 0.05) is 17.8 Å². The first-order valence-corrected chi connectivity index (χ1v) is 8.49. The van der Waals surface area contributed by atoms with E-state index in [-0.39, 0.29) is 17.5 Å². The average Bonchev–Trinajstić information content (AvgIpc) is 2.66. The fourth-order valence-corrected chi connectivity index (χ4v) is 2.90. The summed E-state index contributed by atoms with van der Waals surface area (Å²) in [5, 5.41) is 14.8. The second-order valence-electron chi connectivity index (χ2n) is 6.29. The molecule has 1 N–H and O–H groups in total. The summed E-state index contributed by atoms with van der Waals surface area (Å²) in [6.07, 6.45) is 1.69. The maximum atomic E-state index is 11.6. The first-order valence-electron chi connectivity index (χ1n) is 8.49. The molecule has 6 nitrogen and oxygen atoms in total. The maximum absolute atomic E-state index is 11.6. The number of nitro groups is 1. The number of nitrogens with zero attached hydrogens (tertiary/aromatic N) is 2. The molecule has 1 heterocycles. The number of nitrogens with one attached hydrogen (secondary N) is 1. The molecule has 0 aliphatic heterocycles. The molecular weight excluding hydrogens is 342 g/mol. The summed E-state index contributed by atoms with van der Waals surface area (Å²) in [5.41, 5.74) is 3.26. The van der Waals surface area contributed by atoms with E-state index < -0.39 is 4.92 Å². The molecule has 0 aliphatic rings. The van der Waals surface area contributed by atoms with Crippen molar-refractivity contribution < 1.29 is 9.72 Å². The van der Waals surface area contributed by atoms with Crippen LogP contribution in [0.2, 0.25) is 0 Å². The Bertz CT molecular complexity index is 987. The third-order valence-electron chi connectivity index (χ3n) is 4.26. The first kappa shape index (κ1) is 18.3. The van der Waals surface area contributed by atoms with Gasteiger partial charge in [0.15, 0.2) is 5.78 Å². The summed E-state index contributed by atoms with van der Waals surface area (Å²) in [5.74, 6) is -0.218. The van der Waals surface area contributed by atoms with Gasteiger partial charge < -0.3 is 5.32 Å². The van der Waals surface area contributed by atoms with Gasteiger partial charge >= 0.3 is 0 Å². The van der Waals surface area contributed by atoms with Crippen molar-refractivity contribution in [2.45, 2.75) is 19.9 Å². The number of anilines is 1. The third kappa shape index (κ3) is 4.17. The Kier molecular flexibility index (Phi) is 5.26. The molecule has 0 saturated carbocycles. The number of aryl methyl sites for hydroxylation is 1. The Morgan fingerprint density at radius 3 is 2.56 bits per heavy atom. The van der Waals surface area contributed by atoms with Crippen molar-refractivity contribution in [2.75, 3.05) is 5.32 Å². The first-order chi connectivity index (χ1) is 13.0. The van der Waals surface area contributed by atoms with Crippen LogP contribution < -0.4 is 5.32 Å². The van der Waals surface area contributed by atoms with Crippen LogP contribution in [0.3, 0.4) is 0 Å². The minimum absolute atomic E-state index is 0.142. The monoisotopic (exact) mass is 361 g/mol. The van der Waals surface area contributed by atoms with Crippen molar-refractivity contribution in [3.8, 4) is 0 Å². The van der Waals surface area contributed by atoms with Gasteiger partial charge in [0.05, 0.1) is 16.7 Å². The third-order valence-corrected chi connectivity index (χ3v) is 4.26. The van der Waals surface area contributed by atoms with Crippen LogP contribution >= 0.6 is 0 Å².